The van der Waals surface area contributed by atoms with Gasteiger partial charge in [-0.05, 0) is 43.7 Å². The summed E-state index contributed by atoms with van der Waals surface area (Å²) in [7, 11) is 3.16. The van der Waals surface area contributed by atoms with Crippen LogP contribution in [0.25, 0.3) is 0 Å². The van der Waals surface area contributed by atoms with Crippen molar-refractivity contribution in [1.82, 2.24) is 15.3 Å². The maximum atomic E-state index is 13.6. The molecule has 2 atom stereocenters. The highest BCUT2D eigenvalue weighted by atomic mass is 31.1. The minimum atomic E-state index is -4.71. The molecule has 0 aliphatic carbocycles. The SMILES string of the molecule is CCO.CCOPC(OC)c1ccc(Nc2ncc(C(F)(F)F)c(Nc3ccccc3C(=O)NC)n2)cc1. The van der Waals surface area contributed by atoms with E-state index < -0.39 is 23.5 Å². The molecular weight excluding hydrogens is 522 g/mol. The van der Waals surface area contributed by atoms with Gasteiger partial charge in [0.05, 0.1) is 11.3 Å². The van der Waals surface area contributed by atoms with Gasteiger partial charge in [0, 0.05) is 48.1 Å². The van der Waals surface area contributed by atoms with Crippen molar-refractivity contribution in [2.45, 2.75) is 25.9 Å². The molecule has 0 fully saturated rings. The van der Waals surface area contributed by atoms with Crippen molar-refractivity contribution in [1.29, 1.82) is 0 Å². The van der Waals surface area contributed by atoms with Gasteiger partial charge in [-0.3, -0.25) is 4.79 Å². The van der Waals surface area contributed by atoms with Gasteiger partial charge in [-0.1, -0.05) is 24.3 Å². The third kappa shape index (κ3) is 8.91. The van der Waals surface area contributed by atoms with Gasteiger partial charge in [0.25, 0.3) is 5.91 Å². The number of ether oxygens (including phenoxy) is 1. The summed E-state index contributed by atoms with van der Waals surface area (Å²) in [6.45, 7) is 4.41. The van der Waals surface area contributed by atoms with E-state index in [0.29, 0.717) is 18.5 Å². The standard InChI is InChI=1S/C23H25F3N5O3P.C2H6O/c1-4-34-35-21(33-3)14-9-11-15(12-10-14)29-22-28-13-17(23(24,25)26)19(31-22)30-18-8-6-5-7-16(18)20(32)27-2;1-2-3/h5-13,21,35H,4H2,1-3H3,(H,27,32)(H2,28,29,30,31);3H,2H2,1H3. The smallest absolute Gasteiger partial charge is 0.397 e. The molecule has 1 heterocycles. The zero-order chi connectivity index (χ0) is 28.1. The number of para-hydroxylation sites is 1. The Balaban J connectivity index is 0.00000161. The van der Waals surface area contributed by atoms with E-state index in [1.807, 2.05) is 19.1 Å². The number of aliphatic hydroxyl groups excluding tert-OH is 1. The second kappa shape index (κ2) is 15.2. The Hall–Kier alpha value is -3.31. The van der Waals surface area contributed by atoms with Crippen LogP contribution in [0, 0.1) is 0 Å². The second-order valence-corrected chi connectivity index (χ2v) is 8.48. The number of nitrogens with one attached hydrogen (secondary N) is 3. The minimum absolute atomic E-state index is 0.0508. The number of alkyl halides is 3. The second-order valence-electron chi connectivity index (χ2n) is 7.43. The molecule has 13 heteroatoms. The first-order valence-corrected chi connectivity index (χ1v) is 12.6. The summed E-state index contributed by atoms with van der Waals surface area (Å²) >= 11 is 0. The molecule has 1 amide bonds. The predicted octanol–water partition coefficient (Wildman–Crippen LogP) is 5.62. The zero-order valence-corrected chi connectivity index (χ0v) is 22.4. The van der Waals surface area contributed by atoms with Crippen molar-refractivity contribution < 1.29 is 32.3 Å². The number of halogens is 3. The van der Waals surface area contributed by atoms with Crippen LogP contribution in [0.2, 0.25) is 0 Å². The van der Waals surface area contributed by atoms with Gasteiger partial charge < -0.3 is 30.3 Å². The third-order valence-electron chi connectivity index (χ3n) is 4.79. The summed E-state index contributed by atoms with van der Waals surface area (Å²) in [6.07, 6.45) is -4.01. The monoisotopic (exact) mass is 553 g/mol. The molecule has 206 valence electrons. The first-order chi connectivity index (χ1) is 18.2. The molecule has 3 rings (SSSR count). The van der Waals surface area contributed by atoms with E-state index in [2.05, 4.69) is 25.9 Å². The molecule has 1 aromatic heterocycles. The van der Waals surface area contributed by atoms with E-state index in [4.69, 9.17) is 14.4 Å². The Kier molecular flexibility index (Phi) is 12.4. The van der Waals surface area contributed by atoms with E-state index in [0.717, 1.165) is 5.56 Å². The largest absolute Gasteiger partial charge is 0.421 e. The highest BCUT2D eigenvalue weighted by Crippen LogP contribution is 2.37. The number of anilines is 4. The van der Waals surface area contributed by atoms with E-state index in [1.165, 1.54) is 19.2 Å². The van der Waals surface area contributed by atoms with Gasteiger partial charge in [-0.25, -0.2) is 4.98 Å². The number of hydrogen-bond acceptors (Lipinski definition) is 8. The fourth-order valence-electron chi connectivity index (χ4n) is 3.08. The number of aliphatic hydroxyl groups is 1. The van der Waals surface area contributed by atoms with Crippen molar-refractivity contribution in [3.63, 3.8) is 0 Å². The lowest BCUT2D eigenvalue weighted by molar-refractivity contribution is -0.137. The Bertz CT molecular complexity index is 1170. The molecule has 4 N–H and O–H groups in total. The fourth-order valence-corrected chi connectivity index (χ4v) is 3.82. The summed E-state index contributed by atoms with van der Waals surface area (Å²) in [4.78, 5) is 20.0. The van der Waals surface area contributed by atoms with Gasteiger partial charge in [-0.2, -0.15) is 18.2 Å². The number of carbonyl (C=O) groups excluding carboxylic acids is 1. The Morgan fingerprint density at radius 1 is 1.11 bits per heavy atom. The number of carbonyl (C=O) groups is 1. The van der Waals surface area contributed by atoms with Crippen molar-refractivity contribution in [3.8, 4) is 0 Å². The summed E-state index contributed by atoms with van der Waals surface area (Å²) in [5, 5.41) is 15.6. The summed E-state index contributed by atoms with van der Waals surface area (Å²) in [5.74, 6) is -1.21. The van der Waals surface area contributed by atoms with Crippen molar-refractivity contribution >= 4 is 37.9 Å². The maximum Gasteiger partial charge on any atom is 0.421 e. The molecule has 0 spiro atoms. The molecule has 0 aliphatic rings. The number of benzene rings is 2. The van der Waals surface area contributed by atoms with E-state index >= 15 is 0 Å². The van der Waals surface area contributed by atoms with Gasteiger partial charge in [-0.15, -0.1) is 0 Å². The van der Waals surface area contributed by atoms with Crippen LogP contribution in [0.15, 0.2) is 54.7 Å². The van der Waals surface area contributed by atoms with Gasteiger partial charge in [0.15, 0.2) is 0 Å². The molecule has 0 bridgehead atoms. The molecule has 2 unspecified atom stereocenters. The van der Waals surface area contributed by atoms with E-state index in [-0.39, 0.29) is 38.5 Å². The zero-order valence-electron chi connectivity index (χ0n) is 21.4. The van der Waals surface area contributed by atoms with Gasteiger partial charge in [0.2, 0.25) is 5.95 Å². The molecule has 38 heavy (non-hydrogen) atoms. The van der Waals surface area contributed by atoms with Gasteiger partial charge >= 0.3 is 6.18 Å². The highest BCUT2D eigenvalue weighted by molar-refractivity contribution is 7.32. The normalized spacial score (nSPS) is 12.0. The average molecular weight is 554 g/mol. The van der Waals surface area contributed by atoms with Crippen LogP contribution in [0.4, 0.5) is 36.3 Å². The lowest BCUT2D eigenvalue weighted by atomic mass is 10.1. The third-order valence-corrected chi connectivity index (χ3v) is 6.02. The van der Waals surface area contributed by atoms with E-state index in [1.54, 1.807) is 38.3 Å². The van der Waals surface area contributed by atoms with Gasteiger partial charge in [0.1, 0.15) is 17.2 Å². The van der Waals surface area contributed by atoms with Crippen LogP contribution in [-0.4, -0.2) is 48.4 Å². The molecule has 0 aliphatic heterocycles. The predicted molar refractivity (Wildman–Crippen MR) is 142 cm³/mol. The lowest BCUT2D eigenvalue weighted by Crippen LogP contribution is -2.20. The average Bonchev–Trinajstić information content (AvgIpc) is 2.90. The highest BCUT2D eigenvalue weighted by Gasteiger charge is 2.35. The van der Waals surface area contributed by atoms with Crippen LogP contribution < -0.4 is 16.0 Å². The molecule has 0 saturated heterocycles. The topological polar surface area (TPSA) is 118 Å². The van der Waals surface area contributed by atoms with Crippen LogP contribution >= 0.6 is 8.81 Å². The molecule has 2 aromatic carbocycles. The number of hydrogen-bond donors (Lipinski definition) is 4. The lowest BCUT2D eigenvalue weighted by Gasteiger charge is -2.17. The quantitative estimate of drug-likeness (QED) is 0.239. The Morgan fingerprint density at radius 2 is 1.76 bits per heavy atom. The van der Waals surface area contributed by atoms with Crippen molar-refractivity contribution in [2.24, 2.45) is 0 Å². The Morgan fingerprint density at radius 3 is 2.34 bits per heavy atom. The number of methoxy groups -OCH3 is 1. The summed E-state index contributed by atoms with van der Waals surface area (Å²) < 4.78 is 51.8. The van der Waals surface area contributed by atoms with Crippen LogP contribution in [0.3, 0.4) is 0 Å². The molecule has 0 saturated carbocycles. The molecular formula is C25H31F3N5O4P. The van der Waals surface area contributed by atoms with Crippen LogP contribution in [0.5, 0.6) is 0 Å². The first-order valence-electron chi connectivity index (χ1n) is 11.6. The van der Waals surface area contributed by atoms with Crippen LogP contribution in [0.1, 0.15) is 41.2 Å². The number of nitrogens with zero attached hydrogens (tertiary/aromatic N) is 2. The van der Waals surface area contributed by atoms with E-state index in [9.17, 15) is 18.0 Å². The molecule has 3 aromatic rings. The van der Waals surface area contributed by atoms with Crippen molar-refractivity contribution in [2.75, 3.05) is 38.0 Å². The number of aromatic nitrogens is 2. The van der Waals surface area contributed by atoms with Crippen molar-refractivity contribution in [3.05, 3.63) is 71.4 Å². The number of amides is 1. The molecule has 0 radical (unpaired) electrons. The summed E-state index contributed by atoms with van der Waals surface area (Å²) in [5.41, 5.74) is 0.746. The fraction of sp³-hybridized carbons (Fsp3) is 0.320. The minimum Gasteiger partial charge on any atom is -0.397 e. The van der Waals surface area contributed by atoms with Crippen LogP contribution in [-0.2, 0) is 15.4 Å². The maximum absolute atomic E-state index is 13.6. The Labute approximate surface area is 221 Å². The number of rotatable bonds is 10. The summed E-state index contributed by atoms with van der Waals surface area (Å²) in [6, 6.07) is 13.3. The molecule has 9 nitrogen and oxygen atoms in total. The first kappa shape index (κ1) is 30.9.